The second kappa shape index (κ2) is 7.20. The van der Waals surface area contributed by atoms with E-state index < -0.39 is 0 Å². The lowest BCUT2D eigenvalue weighted by atomic mass is 10.0. The van der Waals surface area contributed by atoms with E-state index in [1.54, 1.807) is 0 Å². The van der Waals surface area contributed by atoms with Gasteiger partial charge in [0.1, 0.15) is 0 Å². The molecule has 0 aliphatic carbocycles. The first-order valence-corrected chi connectivity index (χ1v) is 6.74. The molecule has 2 nitrogen and oxygen atoms in total. The number of hydrogen-bond acceptors (Lipinski definition) is 2. The molecule has 0 aromatic heterocycles. The predicted molar refractivity (Wildman–Crippen MR) is 74.5 cm³/mol. The predicted octanol–water partition coefficient (Wildman–Crippen LogP) is 3.77. The molecular weight excluding hydrogens is 224 g/mol. The summed E-state index contributed by atoms with van der Waals surface area (Å²) in [4.78, 5) is 11.4. The molecule has 0 bridgehead atoms. The van der Waals surface area contributed by atoms with Crippen LogP contribution >= 0.6 is 0 Å². The molecule has 1 aromatic carbocycles. The van der Waals surface area contributed by atoms with Crippen LogP contribution in [0.3, 0.4) is 0 Å². The van der Waals surface area contributed by atoms with Crippen LogP contribution in [0.1, 0.15) is 45.2 Å². The Morgan fingerprint density at radius 3 is 2.11 bits per heavy atom. The van der Waals surface area contributed by atoms with Gasteiger partial charge in [-0.2, -0.15) is 0 Å². The third-order valence-corrected chi connectivity index (χ3v) is 2.65. The van der Waals surface area contributed by atoms with Crippen LogP contribution in [-0.4, -0.2) is 12.1 Å². The van der Waals surface area contributed by atoms with Crippen LogP contribution in [0.15, 0.2) is 24.3 Å². The van der Waals surface area contributed by atoms with Gasteiger partial charge in [-0.3, -0.25) is 4.79 Å². The number of carbonyl (C=O) groups is 1. The molecule has 0 radical (unpaired) electrons. The lowest BCUT2D eigenvalue weighted by Crippen LogP contribution is -2.11. The van der Waals surface area contributed by atoms with Gasteiger partial charge in [-0.15, -0.1) is 0 Å². The molecular formula is C16H24O2. The molecule has 0 N–H and O–H groups in total. The Hall–Kier alpha value is -1.31. The normalized spacial score (nSPS) is 11.0. The summed E-state index contributed by atoms with van der Waals surface area (Å²) in [5, 5.41) is 0. The molecule has 0 spiro atoms. The molecule has 0 aliphatic heterocycles. The van der Waals surface area contributed by atoms with E-state index in [0.717, 1.165) is 12.8 Å². The highest BCUT2D eigenvalue weighted by molar-refractivity contribution is 5.69. The van der Waals surface area contributed by atoms with E-state index in [9.17, 15) is 4.79 Å². The van der Waals surface area contributed by atoms with Crippen molar-refractivity contribution in [2.45, 2.75) is 53.1 Å². The topological polar surface area (TPSA) is 26.3 Å². The molecule has 0 unspecified atom stereocenters. The molecule has 0 heterocycles. The fourth-order valence-electron chi connectivity index (χ4n) is 1.88. The summed E-state index contributed by atoms with van der Waals surface area (Å²) in [5.74, 6) is 0.563. The fraction of sp³-hybridized carbons (Fsp3) is 0.562. The van der Waals surface area contributed by atoms with E-state index in [-0.39, 0.29) is 12.1 Å². The van der Waals surface area contributed by atoms with Gasteiger partial charge in [0.15, 0.2) is 0 Å². The first-order chi connectivity index (χ1) is 8.47. The minimum Gasteiger partial charge on any atom is -0.463 e. The van der Waals surface area contributed by atoms with Gasteiger partial charge in [-0.25, -0.2) is 0 Å². The van der Waals surface area contributed by atoms with Gasteiger partial charge in [0.05, 0.1) is 6.10 Å². The lowest BCUT2D eigenvalue weighted by molar-refractivity contribution is -0.147. The zero-order chi connectivity index (χ0) is 13.5. The number of aryl methyl sites for hydroxylation is 1. The molecule has 0 saturated carbocycles. The molecule has 0 fully saturated rings. The highest BCUT2D eigenvalue weighted by atomic mass is 16.5. The largest absolute Gasteiger partial charge is 0.463 e. The van der Waals surface area contributed by atoms with Crippen LogP contribution in [0, 0.1) is 5.92 Å². The van der Waals surface area contributed by atoms with E-state index in [2.05, 4.69) is 38.1 Å². The maximum absolute atomic E-state index is 11.4. The van der Waals surface area contributed by atoms with Gasteiger partial charge in [0.25, 0.3) is 0 Å². The lowest BCUT2D eigenvalue weighted by Gasteiger charge is -2.08. The number of hydrogen-bond donors (Lipinski definition) is 0. The number of carbonyl (C=O) groups excluding carboxylic acids is 1. The Morgan fingerprint density at radius 1 is 1.06 bits per heavy atom. The molecule has 0 amide bonds. The van der Waals surface area contributed by atoms with Crippen LogP contribution in [0.4, 0.5) is 0 Å². The average molecular weight is 248 g/mol. The van der Waals surface area contributed by atoms with Gasteiger partial charge in [-0.05, 0) is 43.7 Å². The second-order valence-electron chi connectivity index (χ2n) is 5.45. The molecule has 18 heavy (non-hydrogen) atoms. The summed E-state index contributed by atoms with van der Waals surface area (Å²) >= 11 is 0. The summed E-state index contributed by atoms with van der Waals surface area (Å²) < 4.78 is 5.11. The molecule has 0 saturated heterocycles. The number of rotatable bonds is 6. The highest BCUT2D eigenvalue weighted by Crippen LogP contribution is 2.11. The molecule has 1 rings (SSSR count). The third-order valence-electron chi connectivity index (χ3n) is 2.65. The van der Waals surface area contributed by atoms with Crippen LogP contribution in [0.5, 0.6) is 0 Å². The van der Waals surface area contributed by atoms with Crippen LogP contribution < -0.4 is 0 Å². The van der Waals surface area contributed by atoms with Gasteiger partial charge in [0.2, 0.25) is 0 Å². The van der Waals surface area contributed by atoms with Crippen molar-refractivity contribution in [3.63, 3.8) is 0 Å². The summed E-state index contributed by atoms with van der Waals surface area (Å²) in [6.45, 7) is 8.18. The van der Waals surface area contributed by atoms with Gasteiger partial charge >= 0.3 is 5.97 Å². The Balaban J connectivity index is 2.41. The average Bonchev–Trinajstić information content (AvgIpc) is 2.26. The zero-order valence-corrected chi connectivity index (χ0v) is 11.9. The summed E-state index contributed by atoms with van der Waals surface area (Å²) in [7, 11) is 0. The van der Waals surface area contributed by atoms with E-state index in [0.29, 0.717) is 12.3 Å². The van der Waals surface area contributed by atoms with Crippen molar-refractivity contribution < 1.29 is 9.53 Å². The van der Waals surface area contributed by atoms with E-state index in [4.69, 9.17) is 4.74 Å². The monoisotopic (exact) mass is 248 g/mol. The van der Waals surface area contributed by atoms with Crippen molar-refractivity contribution in [3.8, 4) is 0 Å². The van der Waals surface area contributed by atoms with Crippen molar-refractivity contribution in [1.29, 1.82) is 0 Å². The van der Waals surface area contributed by atoms with Crippen LogP contribution in [0.25, 0.3) is 0 Å². The summed E-state index contributed by atoms with van der Waals surface area (Å²) in [6.07, 6.45) is 2.30. The van der Waals surface area contributed by atoms with E-state index in [1.807, 2.05) is 13.8 Å². The van der Waals surface area contributed by atoms with Gasteiger partial charge in [-0.1, -0.05) is 38.1 Å². The van der Waals surface area contributed by atoms with Crippen molar-refractivity contribution in [2.24, 2.45) is 5.92 Å². The minimum absolute atomic E-state index is 0.0223. The Labute approximate surface area is 110 Å². The van der Waals surface area contributed by atoms with Crippen LogP contribution in [-0.2, 0) is 22.4 Å². The summed E-state index contributed by atoms with van der Waals surface area (Å²) in [5.41, 5.74) is 2.56. The van der Waals surface area contributed by atoms with Crippen molar-refractivity contribution in [2.75, 3.05) is 0 Å². The van der Waals surface area contributed by atoms with E-state index in [1.165, 1.54) is 11.1 Å². The summed E-state index contributed by atoms with van der Waals surface area (Å²) in [6, 6.07) is 8.53. The SMILES string of the molecule is CC(C)Cc1ccc(CCC(=O)OC(C)C)cc1. The minimum atomic E-state index is -0.115. The smallest absolute Gasteiger partial charge is 0.306 e. The molecule has 0 aliphatic rings. The number of esters is 1. The van der Waals surface area contributed by atoms with Crippen LogP contribution in [0.2, 0.25) is 0 Å². The van der Waals surface area contributed by atoms with Crippen molar-refractivity contribution in [3.05, 3.63) is 35.4 Å². The number of ether oxygens (including phenoxy) is 1. The van der Waals surface area contributed by atoms with Gasteiger partial charge in [0, 0.05) is 6.42 Å². The van der Waals surface area contributed by atoms with Crippen molar-refractivity contribution in [1.82, 2.24) is 0 Å². The quantitative estimate of drug-likeness (QED) is 0.716. The fourth-order valence-corrected chi connectivity index (χ4v) is 1.88. The molecule has 0 atom stereocenters. The zero-order valence-electron chi connectivity index (χ0n) is 11.9. The highest BCUT2D eigenvalue weighted by Gasteiger charge is 2.06. The standard InChI is InChI=1S/C16H24O2/c1-12(2)11-15-7-5-14(6-8-15)9-10-16(17)18-13(3)4/h5-8,12-13H,9-11H2,1-4H3. The number of benzene rings is 1. The maximum Gasteiger partial charge on any atom is 0.306 e. The molecule has 100 valence electrons. The van der Waals surface area contributed by atoms with Gasteiger partial charge < -0.3 is 4.74 Å². The van der Waals surface area contributed by atoms with E-state index >= 15 is 0 Å². The third kappa shape index (κ3) is 5.85. The maximum atomic E-state index is 11.4. The Bertz CT molecular complexity index is 363. The second-order valence-corrected chi connectivity index (χ2v) is 5.45. The first kappa shape index (κ1) is 14.7. The Kier molecular flexibility index (Phi) is 5.90. The first-order valence-electron chi connectivity index (χ1n) is 6.74. The molecule has 1 aromatic rings. The van der Waals surface area contributed by atoms with Crippen molar-refractivity contribution >= 4 is 5.97 Å². The molecule has 2 heteroatoms. The Morgan fingerprint density at radius 2 is 1.61 bits per heavy atom.